The second kappa shape index (κ2) is 6.31. The van der Waals surface area contributed by atoms with Crippen LogP contribution in [0.4, 0.5) is 0 Å². The highest BCUT2D eigenvalue weighted by Gasteiger charge is 2.34. The Hall–Kier alpha value is -0.510. The molecule has 0 radical (unpaired) electrons. The normalized spacial score (nSPS) is 25.6. The van der Waals surface area contributed by atoms with Gasteiger partial charge in [0, 0.05) is 19.3 Å². The molecule has 0 N–H and O–H groups in total. The van der Waals surface area contributed by atoms with E-state index < -0.39 is 0 Å². The predicted octanol–water partition coefficient (Wildman–Crippen LogP) is 4.69. The van der Waals surface area contributed by atoms with Crippen molar-refractivity contribution in [2.75, 3.05) is 13.1 Å². The monoisotopic (exact) mass is 346 g/mol. The van der Waals surface area contributed by atoms with Crippen LogP contribution in [0.15, 0.2) is 6.20 Å². The van der Waals surface area contributed by atoms with Crippen LogP contribution in [0.3, 0.4) is 0 Å². The molecular weight excluding hydrogens is 331 g/mol. The molecular formula is C15H17Cl3N2O. The minimum atomic E-state index is -0.136. The van der Waals surface area contributed by atoms with Crippen LogP contribution in [0, 0.1) is 11.8 Å². The Morgan fingerprint density at radius 3 is 2.57 bits per heavy atom. The van der Waals surface area contributed by atoms with Crippen LogP contribution in [0.2, 0.25) is 15.1 Å². The summed E-state index contributed by atoms with van der Waals surface area (Å²) in [7, 11) is 0. The maximum absolute atomic E-state index is 12.6. The molecule has 114 valence electrons. The molecule has 2 atom stereocenters. The van der Waals surface area contributed by atoms with Gasteiger partial charge in [-0.3, -0.25) is 4.79 Å². The zero-order chi connectivity index (χ0) is 15.0. The quantitative estimate of drug-likeness (QED) is 0.738. The smallest absolute Gasteiger partial charge is 0.274 e. The molecule has 3 rings (SSSR count). The van der Waals surface area contributed by atoms with Crippen LogP contribution in [0.1, 0.15) is 42.6 Å². The number of carbonyl (C=O) groups is 1. The Bertz CT molecular complexity index is 564. The number of aromatic nitrogens is 1. The lowest BCUT2D eigenvalue weighted by atomic mass is 9.75. The number of carbonyl (C=O) groups excluding carboxylic acids is 1. The van der Waals surface area contributed by atoms with Gasteiger partial charge in [0.25, 0.3) is 5.91 Å². The van der Waals surface area contributed by atoms with Crippen LogP contribution in [0.5, 0.6) is 0 Å². The Morgan fingerprint density at radius 1 is 1.10 bits per heavy atom. The third kappa shape index (κ3) is 3.01. The third-order valence-electron chi connectivity index (χ3n) is 4.70. The number of halogens is 3. The average molecular weight is 348 g/mol. The van der Waals surface area contributed by atoms with E-state index in [1.54, 1.807) is 0 Å². The Morgan fingerprint density at radius 2 is 1.81 bits per heavy atom. The first-order chi connectivity index (χ1) is 10.1. The summed E-state index contributed by atoms with van der Waals surface area (Å²) in [4.78, 5) is 18.6. The fraction of sp³-hybridized carbons (Fsp3) is 0.600. The van der Waals surface area contributed by atoms with Gasteiger partial charge in [-0.25, -0.2) is 4.98 Å². The molecule has 0 spiro atoms. The summed E-state index contributed by atoms with van der Waals surface area (Å²) < 4.78 is 0. The van der Waals surface area contributed by atoms with Crippen LogP contribution in [-0.4, -0.2) is 28.9 Å². The minimum Gasteiger partial charge on any atom is -0.337 e. The predicted molar refractivity (Wildman–Crippen MR) is 85.2 cm³/mol. The fourth-order valence-electron chi connectivity index (χ4n) is 3.53. The molecule has 0 bridgehead atoms. The van der Waals surface area contributed by atoms with E-state index in [1.807, 2.05) is 4.90 Å². The van der Waals surface area contributed by atoms with Crippen molar-refractivity contribution in [3.8, 4) is 0 Å². The van der Waals surface area contributed by atoms with E-state index in [-0.39, 0.29) is 26.7 Å². The fourth-order valence-corrected chi connectivity index (χ4v) is 4.09. The molecule has 1 aliphatic heterocycles. The molecule has 2 heterocycles. The van der Waals surface area contributed by atoms with E-state index in [0.29, 0.717) is 5.92 Å². The Balaban J connectivity index is 1.78. The van der Waals surface area contributed by atoms with Crippen molar-refractivity contribution < 1.29 is 4.79 Å². The molecule has 2 fully saturated rings. The first kappa shape index (κ1) is 15.4. The lowest BCUT2D eigenvalue weighted by Crippen LogP contribution is -2.45. The van der Waals surface area contributed by atoms with Gasteiger partial charge in [0.05, 0.1) is 15.1 Å². The molecule has 1 aliphatic carbocycles. The van der Waals surface area contributed by atoms with Crippen molar-refractivity contribution >= 4 is 40.7 Å². The summed E-state index contributed by atoms with van der Waals surface area (Å²) in [6, 6.07) is 0. The molecule has 2 aliphatic rings. The van der Waals surface area contributed by atoms with Crippen molar-refractivity contribution in [1.82, 2.24) is 9.88 Å². The van der Waals surface area contributed by atoms with E-state index >= 15 is 0 Å². The van der Waals surface area contributed by atoms with Gasteiger partial charge in [0.15, 0.2) is 0 Å². The highest BCUT2D eigenvalue weighted by Crippen LogP contribution is 2.37. The molecule has 0 unspecified atom stereocenters. The van der Waals surface area contributed by atoms with Gasteiger partial charge < -0.3 is 4.90 Å². The van der Waals surface area contributed by atoms with Crippen LogP contribution >= 0.6 is 34.8 Å². The first-order valence-corrected chi connectivity index (χ1v) is 8.50. The molecule has 1 saturated carbocycles. The zero-order valence-electron chi connectivity index (χ0n) is 11.6. The topological polar surface area (TPSA) is 33.2 Å². The highest BCUT2D eigenvalue weighted by atomic mass is 35.5. The summed E-state index contributed by atoms with van der Waals surface area (Å²) in [6.45, 7) is 1.58. The molecule has 0 aromatic carbocycles. The molecule has 1 saturated heterocycles. The van der Waals surface area contributed by atoms with Gasteiger partial charge in [-0.2, -0.15) is 0 Å². The Labute approximate surface area is 139 Å². The number of hydrogen-bond donors (Lipinski definition) is 0. The van der Waals surface area contributed by atoms with Crippen molar-refractivity contribution in [3.63, 3.8) is 0 Å². The summed E-state index contributed by atoms with van der Waals surface area (Å²) in [5.74, 6) is 1.26. The van der Waals surface area contributed by atoms with Gasteiger partial charge in [-0.1, -0.05) is 54.1 Å². The van der Waals surface area contributed by atoms with E-state index in [1.165, 1.54) is 31.9 Å². The Kier molecular flexibility index (Phi) is 4.63. The molecule has 1 aromatic rings. The van der Waals surface area contributed by atoms with Crippen LogP contribution in [0.25, 0.3) is 0 Å². The van der Waals surface area contributed by atoms with Gasteiger partial charge in [-0.05, 0) is 24.7 Å². The number of amides is 1. The zero-order valence-corrected chi connectivity index (χ0v) is 13.9. The van der Waals surface area contributed by atoms with Crippen molar-refractivity contribution in [1.29, 1.82) is 0 Å². The SMILES string of the molecule is O=C(c1ncc(Cl)c(Cl)c1Cl)N1CC[C@H]2CCCC[C@H]2C1. The number of piperidine rings is 1. The van der Waals surface area contributed by atoms with Crippen LogP contribution in [-0.2, 0) is 0 Å². The molecule has 1 aromatic heterocycles. The van der Waals surface area contributed by atoms with Gasteiger partial charge >= 0.3 is 0 Å². The highest BCUT2D eigenvalue weighted by molar-refractivity contribution is 6.48. The number of nitrogens with zero attached hydrogens (tertiary/aromatic N) is 2. The molecule has 21 heavy (non-hydrogen) atoms. The maximum atomic E-state index is 12.6. The molecule has 1 amide bonds. The number of rotatable bonds is 1. The molecule has 3 nitrogen and oxygen atoms in total. The van der Waals surface area contributed by atoms with Gasteiger partial charge in [0.2, 0.25) is 0 Å². The summed E-state index contributed by atoms with van der Waals surface area (Å²) in [5.41, 5.74) is 0.209. The number of hydrogen-bond acceptors (Lipinski definition) is 2. The average Bonchev–Trinajstić information content (AvgIpc) is 2.52. The maximum Gasteiger partial charge on any atom is 0.274 e. The lowest BCUT2D eigenvalue weighted by molar-refractivity contribution is 0.0515. The second-order valence-corrected chi connectivity index (χ2v) is 7.09. The largest absolute Gasteiger partial charge is 0.337 e. The van der Waals surface area contributed by atoms with Crippen molar-refractivity contribution in [2.45, 2.75) is 32.1 Å². The number of pyridine rings is 1. The third-order valence-corrected chi connectivity index (χ3v) is 5.94. The van der Waals surface area contributed by atoms with E-state index in [0.717, 1.165) is 25.4 Å². The van der Waals surface area contributed by atoms with E-state index in [4.69, 9.17) is 34.8 Å². The summed E-state index contributed by atoms with van der Waals surface area (Å²) in [5, 5.41) is 0.619. The standard InChI is InChI=1S/C15H17Cl3N2O/c16-11-7-19-14(13(18)12(11)17)15(21)20-6-5-9-3-1-2-4-10(9)8-20/h7,9-10H,1-6,8H2/t9-,10+/m1/s1. The van der Waals surface area contributed by atoms with Crippen LogP contribution < -0.4 is 0 Å². The van der Waals surface area contributed by atoms with Crippen molar-refractivity contribution in [2.24, 2.45) is 11.8 Å². The van der Waals surface area contributed by atoms with Gasteiger partial charge in [0.1, 0.15) is 5.69 Å². The van der Waals surface area contributed by atoms with E-state index in [2.05, 4.69) is 4.98 Å². The number of fused-ring (bicyclic) bond motifs is 1. The first-order valence-electron chi connectivity index (χ1n) is 7.36. The van der Waals surface area contributed by atoms with Crippen molar-refractivity contribution in [3.05, 3.63) is 27.0 Å². The lowest BCUT2D eigenvalue weighted by Gasteiger charge is -2.41. The number of likely N-dealkylation sites (tertiary alicyclic amines) is 1. The summed E-state index contributed by atoms with van der Waals surface area (Å²) in [6.07, 6.45) is 7.59. The summed E-state index contributed by atoms with van der Waals surface area (Å²) >= 11 is 18.0. The van der Waals surface area contributed by atoms with E-state index in [9.17, 15) is 4.79 Å². The minimum absolute atomic E-state index is 0.136. The molecule has 6 heteroatoms. The van der Waals surface area contributed by atoms with Gasteiger partial charge in [-0.15, -0.1) is 0 Å². The second-order valence-electron chi connectivity index (χ2n) is 5.93.